The van der Waals surface area contributed by atoms with Gasteiger partial charge in [-0.1, -0.05) is 62.7 Å². The molecule has 2 N–H and O–H groups in total. The van der Waals surface area contributed by atoms with Crippen molar-refractivity contribution in [3.05, 3.63) is 64.7 Å². The van der Waals surface area contributed by atoms with Crippen LogP contribution in [0.3, 0.4) is 0 Å². The molecule has 1 fully saturated rings. The van der Waals surface area contributed by atoms with Gasteiger partial charge >= 0.3 is 0 Å². The fourth-order valence-corrected chi connectivity index (χ4v) is 3.56. The molecule has 0 aromatic heterocycles. The van der Waals surface area contributed by atoms with Gasteiger partial charge in [0, 0.05) is 18.1 Å². The van der Waals surface area contributed by atoms with E-state index in [0.717, 1.165) is 5.56 Å². The lowest BCUT2D eigenvalue weighted by molar-refractivity contribution is -0.119. The Hall–Kier alpha value is -1.79. The van der Waals surface area contributed by atoms with Gasteiger partial charge in [-0.2, -0.15) is 0 Å². The Balaban J connectivity index is 0.00000320. The minimum atomic E-state index is -0.189. The van der Waals surface area contributed by atoms with E-state index in [0.29, 0.717) is 42.6 Å². The van der Waals surface area contributed by atoms with Crippen LogP contribution < -0.4 is 10.5 Å². The Morgan fingerprint density at radius 3 is 2.53 bits per heavy atom. The first kappa shape index (κ1) is 24.5. The molecule has 1 aliphatic heterocycles. The average molecular weight is 453 g/mol. The topological polar surface area (TPSA) is 64.8 Å². The highest BCUT2D eigenvalue weighted by molar-refractivity contribution is 6.31. The third-order valence-electron chi connectivity index (χ3n) is 5.07. The van der Waals surface area contributed by atoms with E-state index in [1.807, 2.05) is 35.2 Å². The molecule has 0 saturated carbocycles. The van der Waals surface area contributed by atoms with Crippen molar-refractivity contribution in [2.75, 3.05) is 26.2 Å². The summed E-state index contributed by atoms with van der Waals surface area (Å²) in [7, 11) is 0. The monoisotopic (exact) mass is 452 g/mol. The summed E-state index contributed by atoms with van der Waals surface area (Å²) in [5.74, 6) is 0.387. The van der Waals surface area contributed by atoms with Gasteiger partial charge in [0.1, 0.15) is 18.5 Å². The van der Waals surface area contributed by atoms with E-state index in [2.05, 4.69) is 20.8 Å². The third-order valence-corrected chi connectivity index (χ3v) is 5.31. The van der Waals surface area contributed by atoms with Crippen LogP contribution >= 0.6 is 24.0 Å². The van der Waals surface area contributed by atoms with Crippen LogP contribution in [0.1, 0.15) is 42.8 Å². The van der Waals surface area contributed by atoms with Crippen LogP contribution in [0.4, 0.5) is 0 Å². The maximum Gasteiger partial charge on any atom is 0.257 e. The summed E-state index contributed by atoms with van der Waals surface area (Å²) in [5, 5.41) is 0.494. The summed E-state index contributed by atoms with van der Waals surface area (Å²) in [6.07, 6.45) is -0.288. The molecule has 5 nitrogen and oxygen atoms in total. The second kappa shape index (κ2) is 10.5. The Kier molecular flexibility index (Phi) is 8.56. The minimum Gasteiger partial charge on any atom is -0.491 e. The van der Waals surface area contributed by atoms with E-state index in [1.54, 1.807) is 18.2 Å². The van der Waals surface area contributed by atoms with E-state index >= 15 is 0 Å². The van der Waals surface area contributed by atoms with Crippen molar-refractivity contribution in [1.29, 1.82) is 0 Å². The van der Waals surface area contributed by atoms with Crippen molar-refractivity contribution in [2.24, 2.45) is 11.1 Å². The summed E-state index contributed by atoms with van der Waals surface area (Å²) in [6.45, 7) is 8.07. The number of hydrogen-bond donors (Lipinski definition) is 1. The molecular weight excluding hydrogens is 423 g/mol. The molecule has 0 aliphatic carbocycles. The average Bonchev–Trinajstić information content (AvgIpc) is 2.72. The van der Waals surface area contributed by atoms with Crippen LogP contribution in [0, 0.1) is 5.41 Å². The predicted octanol–water partition coefficient (Wildman–Crippen LogP) is 4.73. The number of nitrogens with two attached hydrogens (primary N) is 1. The first-order chi connectivity index (χ1) is 13.8. The van der Waals surface area contributed by atoms with Crippen LogP contribution in [0.2, 0.25) is 5.02 Å². The zero-order valence-electron chi connectivity index (χ0n) is 17.6. The molecule has 1 amide bonds. The number of amides is 1. The molecule has 1 saturated heterocycles. The molecule has 0 unspecified atom stereocenters. The molecule has 164 valence electrons. The number of benzene rings is 2. The molecule has 2 atom stereocenters. The number of nitrogens with zero attached hydrogens (tertiary/aromatic N) is 1. The number of halogens is 2. The molecule has 0 bridgehead atoms. The van der Waals surface area contributed by atoms with E-state index < -0.39 is 0 Å². The zero-order chi connectivity index (χ0) is 21.0. The van der Waals surface area contributed by atoms with Gasteiger partial charge < -0.3 is 20.1 Å². The zero-order valence-corrected chi connectivity index (χ0v) is 19.2. The third kappa shape index (κ3) is 5.88. The second-order valence-electron chi connectivity index (χ2n) is 8.38. The molecule has 2 aromatic rings. The standard InChI is InChI=1S/C23H29ClN2O3.ClH/c1-23(2,3)21-15-26(14-20(29-21)16-7-5-4-6-8-16)22(27)18-13-17(24)9-10-19(18)28-12-11-25;/h4-10,13,20-21H,11-12,14-15,25H2,1-3H3;1H/t20-,21+;/m0./s1. The molecule has 1 aliphatic rings. The van der Waals surface area contributed by atoms with Crippen LogP contribution in [-0.2, 0) is 4.74 Å². The number of carbonyl (C=O) groups is 1. The van der Waals surface area contributed by atoms with E-state index in [4.69, 9.17) is 26.8 Å². The number of morpholine rings is 1. The fraction of sp³-hybridized carbons (Fsp3) is 0.435. The van der Waals surface area contributed by atoms with Crippen molar-refractivity contribution < 1.29 is 14.3 Å². The summed E-state index contributed by atoms with van der Waals surface area (Å²) >= 11 is 6.18. The smallest absolute Gasteiger partial charge is 0.257 e. The van der Waals surface area contributed by atoms with Gasteiger partial charge in [0.25, 0.3) is 5.91 Å². The highest BCUT2D eigenvalue weighted by Crippen LogP contribution is 2.35. The van der Waals surface area contributed by atoms with Crippen molar-refractivity contribution >= 4 is 29.9 Å². The maximum absolute atomic E-state index is 13.5. The van der Waals surface area contributed by atoms with Gasteiger partial charge in [-0.15, -0.1) is 12.4 Å². The first-order valence-electron chi connectivity index (χ1n) is 9.91. The van der Waals surface area contributed by atoms with Gasteiger partial charge in [0.2, 0.25) is 0 Å². The molecule has 30 heavy (non-hydrogen) atoms. The fourth-order valence-electron chi connectivity index (χ4n) is 3.39. The lowest BCUT2D eigenvalue weighted by Crippen LogP contribution is -2.51. The normalized spacial score (nSPS) is 19.2. The highest BCUT2D eigenvalue weighted by atomic mass is 35.5. The van der Waals surface area contributed by atoms with Gasteiger partial charge in [-0.3, -0.25) is 4.79 Å². The minimum absolute atomic E-state index is 0. The quantitative estimate of drug-likeness (QED) is 0.711. The van der Waals surface area contributed by atoms with Gasteiger partial charge in [0.15, 0.2) is 0 Å². The van der Waals surface area contributed by atoms with E-state index in [1.165, 1.54) is 0 Å². The largest absolute Gasteiger partial charge is 0.491 e. The van der Waals surface area contributed by atoms with Crippen molar-refractivity contribution in [3.63, 3.8) is 0 Å². The van der Waals surface area contributed by atoms with Gasteiger partial charge in [-0.25, -0.2) is 0 Å². The van der Waals surface area contributed by atoms with Crippen LogP contribution in [-0.4, -0.2) is 43.2 Å². The highest BCUT2D eigenvalue weighted by Gasteiger charge is 2.38. The van der Waals surface area contributed by atoms with Crippen molar-refractivity contribution in [2.45, 2.75) is 33.0 Å². The lowest BCUT2D eigenvalue weighted by atomic mass is 9.87. The number of rotatable bonds is 5. The Morgan fingerprint density at radius 1 is 1.20 bits per heavy atom. The Morgan fingerprint density at radius 2 is 1.90 bits per heavy atom. The SMILES string of the molecule is CC(C)(C)[C@H]1CN(C(=O)c2cc(Cl)ccc2OCCN)C[C@@H](c2ccccc2)O1.Cl. The molecule has 7 heteroatoms. The maximum atomic E-state index is 13.5. The van der Waals surface area contributed by atoms with Crippen LogP contribution in [0.25, 0.3) is 0 Å². The van der Waals surface area contributed by atoms with Crippen LogP contribution in [0.15, 0.2) is 48.5 Å². The summed E-state index contributed by atoms with van der Waals surface area (Å²) in [4.78, 5) is 15.3. The van der Waals surface area contributed by atoms with Gasteiger partial charge in [0.05, 0.1) is 18.2 Å². The number of carbonyl (C=O) groups excluding carboxylic acids is 1. The molecular formula is C23H30Cl2N2O3. The predicted molar refractivity (Wildman–Crippen MR) is 123 cm³/mol. The molecule has 3 rings (SSSR count). The van der Waals surface area contributed by atoms with Crippen LogP contribution in [0.5, 0.6) is 5.75 Å². The van der Waals surface area contributed by atoms with Crippen molar-refractivity contribution in [3.8, 4) is 5.75 Å². The second-order valence-corrected chi connectivity index (χ2v) is 8.81. The van der Waals surface area contributed by atoms with Gasteiger partial charge in [-0.05, 0) is 29.2 Å². The summed E-state index contributed by atoms with van der Waals surface area (Å²) < 4.78 is 12.1. The van der Waals surface area contributed by atoms with E-state index in [-0.39, 0.29) is 35.9 Å². The van der Waals surface area contributed by atoms with Crippen molar-refractivity contribution in [1.82, 2.24) is 4.90 Å². The number of hydrogen-bond acceptors (Lipinski definition) is 4. The summed E-state index contributed by atoms with van der Waals surface area (Å²) in [5.41, 5.74) is 6.96. The molecule has 0 spiro atoms. The van der Waals surface area contributed by atoms with E-state index in [9.17, 15) is 4.79 Å². The first-order valence-corrected chi connectivity index (χ1v) is 10.3. The number of ether oxygens (including phenoxy) is 2. The Bertz CT molecular complexity index is 840. The lowest BCUT2D eigenvalue weighted by Gasteiger charge is -2.43. The molecule has 1 heterocycles. The molecule has 2 aromatic carbocycles. The Labute approximate surface area is 189 Å². The molecule has 0 radical (unpaired) electrons. The summed E-state index contributed by atoms with van der Waals surface area (Å²) in [6, 6.07) is 15.1.